The normalized spacial score (nSPS) is 21.6. The van der Waals surface area contributed by atoms with Crippen molar-refractivity contribution in [1.29, 1.82) is 0 Å². The summed E-state index contributed by atoms with van der Waals surface area (Å²) < 4.78 is 27.3. The first-order valence-electron chi connectivity index (χ1n) is 6.68. The van der Waals surface area contributed by atoms with Crippen molar-refractivity contribution >= 4 is 23.1 Å². The van der Waals surface area contributed by atoms with Gasteiger partial charge in [-0.05, 0) is 56.0 Å². The van der Waals surface area contributed by atoms with Crippen molar-refractivity contribution in [3.8, 4) is 11.8 Å². The molecule has 0 atom stereocenters. The van der Waals surface area contributed by atoms with Gasteiger partial charge >= 0.3 is 0 Å². The van der Waals surface area contributed by atoms with Crippen molar-refractivity contribution in [2.45, 2.75) is 32.6 Å². The maximum Gasteiger partial charge on any atom is 0.153 e. The fraction of sp³-hybridized carbons (Fsp3) is 0.438. The monoisotopic (exact) mass is 291 g/mol. The molecule has 0 aliphatic heterocycles. The Labute approximate surface area is 123 Å². The van der Waals surface area contributed by atoms with Gasteiger partial charge in [0.2, 0.25) is 0 Å². The van der Waals surface area contributed by atoms with E-state index in [0.29, 0.717) is 11.5 Å². The Morgan fingerprint density at radius 2 is 1.75 bits per heavy atom. The molecule has 104 valence electrons. The predicted molar refractivity (Wildman–Crippen MR) is 79.0 cm³/mol. The third kappa shape index (κ3) is 3.72. The Morgan fingerprint density at radius 3 is 2.30 bits per heavy atom. The summed E-state index contributed by atoms with van der Waals surface area (Å²) in [5, 5.41) is 1.97. The lowest BCUT2D eigenvalue weighted by Gasteiger charge is -2.21. The van der Waals surface area contributed by atoms with Gasteiger partial charge in [-0.1, -0.05) is 18.8 Å². The summed E-state index contributed by atoms with van der Waals surface area (Å²) in [6, 6.07) is 2.38. The van der Waals surface area contributed by atoms with Crippen LogP contribution in [-0.2, 0) is 0 Å². The van der Waals surface area contributed by atoms with Gasteiger partial charge in [0.1, 0.15) is 5.69 Å². The molecular formula is C16H15F2NS. The third-order valence-electron chi connectivity index (χ3n) is 3.61. The van der Waals surface area contributed by atoms with Gasteiger partial charge < -0.3 is 0 Å². The van der Waals surface area contributed by atoms with E-state index in [4.69, 9.17) is 0 Å². The van der Waals surface area contributed by atoms with Crippen LogP contribution in [0.3, 0.4) is 0 Å². The van der Waals surface area contributed by atoms with E-state index in [1.807, 2.05) is 5.16 Å². The van der Waals surface area contributed by atoms with Gasteiger partial charge in [-0.25, -0.2) is 8.78 Å². The number of hydrogen-bond acceptors (Lipinski definition) is 2. The van der Waals surface area contributed by atoms with Gasteiger partial charge in [0.25, 0.3) is 0 Å². The quantitative estimate of drug-likeness (QED) is 0.408. The topological polar surface area (TPSA) is 12.4 Å². The molecular weight excluding hydrogens is 276 g/mol. The van der Waals surface area contributed by atoms with Gasteiger partial charge in [-0.15, -0.1) is 0 Å². The van der Waals surface area contributed by atoms with Crippen LogP contribution in [0.4, 0.5) is 14.5 Å². The van der Waals surface area contributed by atoms with Crippen molar-refractivity contribution < 1.29 is 8.78 Å². The van der Waals surface area contributed by atoms with Crippen LogP contribution in [0.5, 0.6) is 0 Å². The molecule has 2 rings (SSSR count). The van der Waals surface area contributed by atoms with E-state index in [0.717, 1.165) is 18.8 Å². The van der Waals surface area contributed by atoms with Crippen LogP contribution in [0.2, 0.25) is 0 Å². The molecule has 0 aromatic heterocycles. The zero-order chi connectivity index (χ0) is 14.5. The summed E-state index contributed by atoms with van der Waals surface area (Å²) in [5.41, 5.74) is -0.0704. The molecule has 4 heteroatoms. The van der Waals surface area contributed by atoms with Crippen LogP contribution in [0, 0.1) is 35.3 Å². The zero-order valence-electron chi connectivity index (χ0n) is 11.2. The number of benzene rings is 1. The summed E-state index contributed by atoms with van der Waals surface area (Å²) in [7, 11) is 0. The first-order valence-corrected chi connectivity index (χ1v) is 7.09. The lowest BCUT2D eigenvalue weighted by atomic mass is 9.83. The minimum atomic E-state index is -0.760. The molecule has 0 spiro atoms. The first kappa shape index (κ1) is 14.8. The maximum absolute atomic E-state index is 13.6. The van der Waals surface area contributed by atoms with E-state index in [1.165, 1.54) is 25.0 Å². The van der Waals surface area contributed by atoms with Crippen molar-refractivity contribution in [3.05, 3.63) is 29.3 Å². The highest BCUT2D eigenvalue weighted by atomic mass is 32.1. The van der Waals surface area contributed by atoms with E-state index in [-0.39, 0.29) is 0 Å². The highest BCUT2D eigenvalue weighted by Crippen LogP contribution is 2.28. The Kier molecular flexibility index (Phi) is 5.00. The number of thiocarbonyl (C=S) groups is 1. The molecule has 0 heterocycles. The van der Waals surface area contributed by atoms with Crippen LogP contribution in [-0.4, -0.2) is 5.16 Å². The fourth-order valence-electron chi connectivity index (χ4n) is 2.38. The summed E-state index contributed by atoms with van der Waals surface area (Å²) in [6.45, 7) is 2.24. The largest absolute Gasteiger partial charge is 0.204 e. The summed E-state index contributed by atoms with van der Waals surface area (Å²) >= 11 is 4.35. The molecule has 1 aromatic rings. The molecule has 0 N–H and O–H groups in total. The average molecular weight is 291 g/mol. The lowest BCUT2D eigenvalue weighted by Crippen LogP contribution is -2.10. The average Bonchev–Trinajstić information content (AvgIpc) is 2.42. The second-order valence-corrected chi connectivity index (χ2v) is 5.40. The Bertz CT molecular complexity index is 578. The smallest absolute Gasteiger partial charge is 0.153 e. The van der Waals surface area contributed by atoms with Crippen molar-refractivity contribution in [3.63, 3.8) is 0 Å². The second-order valence-electron chi connectivity index (χ2n) is 5.22. The van der Waals surface area contributed by atoms with E-state index in [1.54, 1.807) is 0 Å². The van der Waals surface area contributed by atoms with E-state index >= 15 is 0 Å². The van der Waals surface area contributed by atoms with Crippen LogP contribution in [0.1, 0.15) is 38.2 Å². The van der Waals surface area contributed by atoms with E-state index in [2.05, 4.69) is 36.0 Å². The number of hydrogen-bond donors (Lipinski definition) is 0. The lowest BCUT2D eigenvalue weighted by molar-refractivity contribution is 0.337. The number of halogens is 2. The molecule has 0 unspecified atom stereocenters. The minimum Gasteiger partial charge on any atom is -0.204 e. The molecule has 0 radical (unpaired) electrons. The summed E-state index contributed by atoms with van der Waals surface area (Å²) in [6.07, 6.45) is 4.47. The van der Waals surface area contributed by atoms with Crippen LogP contribution in [0.25, 0.3) is 0 Å². The van der Waals surface area contributed by atoms with Crippen molar-refractivity contribution in [2.24, 2.45) is 16.8 Å². The molecule has 0 bridgehead atoms. The van der Waals surface area contributed by atoms with Crippen LogP contribution >= 0.6 is 12.2 Å². The number of rotatable bonds is 1. The molecule has 1 fully saturated rings. The Hall–Kier alpha value is -1.56. The molecule has 0 amide bonds. The van der Waals surface area contributed by atoms with E-state index in [9.17, 15) is 8.78 Å². The zero-order valence-corrected chi connectivity index (χ0v) is 12.1. The number of isothiocyanates is 1. The van der Waals surface area contributed by atoms with Gasteiger partial charge in [-0.3, -0.25) is 0 Å². The molecule has 20 heavy (non-hydrogen) atoms. The Morgan fingerprint density at radius 1 is 1.15 bits per heavy atom. The number of nitrogens with zero attached hydrogens (tertiary/aromatic N) is 1. The maximum atomic E-state index is 13.6. The fourth-order valence-corrected chi connectivity index (χ4v) is 2.47. The number of aliphatic imine (C=N–C) groups is 1. The van der Waals surface area contributed by atoms with Crippen LogP contribution in [0.15, 0.2) is 17.1 Å². The van der Waals surface area contributed by atoms with Gasteiger partial charge in [0, 0.05) is 11.5 Å². The van der Waals surface area contributed by atoms with Crippen molar-refractivity contribution in [2.75, 3.05) is 0 Å². The Balaban J connectivity index is 2.17. The van der Waals surface area contributed by atoms with Gasteiger partial charge in [-0.2, -0.15) is 4.99 Å². The summed E-state index contributed by atoms with van der Waals surface area (Å²) in [4.78, 5) is 3.37. The van der Waals surface area contributed by atoms with Gasteiger partial charge in [0.15, 0.2) is 11.6 Å². The molecule has 1 saturated carbocycles. The molecule has 1 aliphatic carbocycles. The highest BCUT2D eigenvalue weighted by Gasteiger charge is 2.16. The predicted octanol–water partition coefficient (Wildman–Crippen LogP) is 4.88. The standard InChI is InChI=1S/C16H15F2NS/c1-11-2-4-12(5-3-11)6-7-13-8-14(17)16(19-10-20)15(18)9-13/h8-9,11-12H,2-5H2,1H3. The molecule has 1 aromatic carbocycles. The molecule has 0 saturated heterocycles. The molecule has 1 nitrogen and oxygen atoms in total. The van der Waals surface area contributed by atoms with E-state index < -0.39 is 17.3 Å². The highest BCUT2D eigenvalue weighted by molar-refractivity contribution is 7.78. The second kappa shape index (κ2) is 6.74. The SMILES string of the molecule is CC1CCC(C#Cc2cc(F)c(N=C=S)c(F)c2)CC1. The van der Waals surface area contributed by atoms with Crippen molar-refractivity contribution in [1.82, 2.24) is 0 Å². The third-order valence-corrected chi connectivity index (χ3v) is 3.70. The van der Waals surface area contributed by atoms with Gasteiger partial charge in [0.05, 0.1) is 5.16 Å². The van der Waals surface area contributed by atoms with Crippen LogP contribution < -0.4 is 0 Å². The minimum absolute atomic E-state index is 0.330. The first-order chi connectivity index (χ1) is 9.60. The summed E-state index contributed by atoms with van der Waals surface area (Å²) in [5.74, 6) is 5.54. The molecule has 1 aliphatic rings.